The van der Waals surface area contributed by atoms with Gasteiger partial charge in [-0.2, -0.15) is 0 Å². The minimum atomic E-state index is 0.785. The molecule has 0 aromatic rings. The number of nitrogens with one attached hydrogen (secondary N) is 1. The van der Waals surface area contributed by atoms with Crippen molar-refractivity contribution in [2.45, 2.75) is 0 Å². The Kier molecular flexibility index (Phi) is 1.92. The van der Waals surface area contributed by atoms with E-state index in [1.54, 1.807) is 5.01 Å². The molecule has 0 aromatic heterocycles. The summed E-state index contributed by atoms with van der Waals surface area (Å²) >= 11 is 0. The number of rotatable bonds is 0. The van der Waals surface area contributed by atoms with Crippen molar-refractivity contribution < 1.29 is 0 Å². The number of piperazine rings is 1. The van der Waals surface area contributed by atoms with E-state index in [1.165, 1.54) is 6.20 Å². The largest absolute Gasteiger partial charge is 0.403 e. The van der Waals surface area contributed by atoms with E-state index in [0.717, 1.165) is 25.3 Å². The topological polar surface area (TPSA) is 67.3 Å². The zero-order chi connectivity index (χ0) is 6.69. The molecule has 1 aliphatic rings. The first-order valence-electron chi connectivity index (χ1n) is 2.98. The van der Waals surface area contributed by atoms with E-state index >= 15 is 0 Å². The summed E-state index contributed by atoms with van der Waals surface area (Å²) in [5.74, 6) is 5.53. The maximum Gasteiger partial charge on any atom is 0.0584 e. The highest BCUT2D eigenvalue weighted by atomic mass is 15.4. The Balaban J connectivity index is 2.49. The minimum Gasteiger partial charge on any atom is -0.403 e. The minimum absolute atomic E-state index is 0.785. The Morgan fingerprint density at radius 3 is 2.89 bits per heavy atom. The van der Waals surface area contributed by atoms with Gasteiger partial charge in [-0.3, -0.25) is 0 Å². The van der Waals surface area contributed by atoms with Gasteiger partial charge in [-0.05, 0) is 0 Å². The van der Waals surface area contributed by atoms with Crippen molar-refractivity contribution in [3.63, 3.8) is 0 Å². The lowest BCUT2D eigenvalue weighted by atomic mass is 10.3. The molecule has 0 radical (unpaired) electrons. The molecule has 5 N–H and O–H groups in total. The van der Waals surface area contributed by atoms with Crippen molar-refractivity contribution in [3.05, 3.63) is 11.9 Å². The third kappa shape index (κ3) is 1.34. The molecule has 0 amide bonds. The van der Waals surface area contributed by atoms with Crippen LogP contribution in [0.5, 0.6) is 0 Å². The van der Waals surface area contributed by atoms with Crippen LogP contribution in [0, 0.1) is 0 Å². The number of nitrogens with zero attached hydrogens (tertiary/aromatic N) is 1. The molecule has 0 spiro atoms. The van der Waals surface area contributed by atoms with E-state index in [4.69, 9.17) is 11.6 Å². The maximum atomic E-state index is 5.53. The lowest BCUT2D eigenvalue weighted by Crippen LogP contribution is -2.45. The smallest absolute Gasteiger partial charge is 0.0584 e. The molecule has 4 heteroatoms. The molecule has 1 fully saturated rings. The van der Waals surface area contributed by atoms with Crippen LogP contribution in [0.1, 0.15) is 0 Å². The van der Waals surface area contributed by atoms with Crippen LogP contribution in [0.3, 0.4) is 0 Å². The second kappa shape index (κ2) is 2.70. The van der Waals surface area contributed by atoms with Crippen LogP contribution in [0.15, 0.2) is 11.9 Å². The van der Waals surface area contributed by atoms with Crippen LogP contribution in [0.25, 0.3) is 0 Å². The highest BCUT2D eigenvalue weighted by molar-refractivity contribution is 5.01. The molecule has 9 heavy (non-hydrogen) atoms. The average Bonchev–Trinajstić information content (AvgIpc) is 1.89. The van der Waals surface area contributed by atoms with Crippen molar-refractivity contribution in [2.24, 2.45) is 11.6 Å². The number of hydrogen-bond donors (Lipinski definition) is 3. The van der Waals surface area contributed by atoms with Crippen LogP contribution in [0.4, 0.5) is 0 Å². The molecule has 1 aliphatic heterocycles. The molecule has 0 bridgehead atoms. The van der Waals surface area contributed by atoms with E-state index < -0.39 is 0 Å². The van der Waals surface area contributed by atoms with Gasteiger partial charge >= 0.3 is 0 Å². The standard InChI is InChI=1S/C5H12N4/c6-3-5-4-8-1-2-9(5)7/h3,8H,1-2,4,6-7H2/b5-3-. The van der Waals surface area contributed by atoms with Gasteiger partial charge in [0.1, 0.15) is 0 Å². The quantitative estimate of drug-likeness (QED) is 0.350. The van der Waals surface area contributed by atoms with Crippen molar-refractivity contribution in [1.29, 1.82) is 0 Å². The van der Waals surface area contributed by atoms with E-state index in [2.05, 4.69) is 5.32 Å². The third-order valence-corrected chi connectivity index (χ3v) is 1.40. The van der Waals surface area contributed by atoms with Gasteiger partial charge in [0, 0.05) is 25.8 Å². The van der Waals surface area contributed by atoms with Gasteiger partial charge in [-0.1, -0.05) is 0 Å². The Labute approximate surface area is 54.5 Å². The van der Waals surface area contributed by atoms with E-state index in [-0.39, 0.29) is 0 Å². The zero-order valence-electron chi connectivity index (χ0n) is 5.30. The normalized spacial score (nSPS) is 25.0. The highest BCUT2D eigenvalue weighted by Gasteiger charge is 2.08. The number of nitrogens with two attached hydrogens (primary N) is 2. The van der Waals surface area contributed by atoms with Crippen LogP contribution in [0.2, 0.25) is 0 Å². The fourth-order valence-corrected chi connectivity index (χ4v) is 0.816. The van der Waals surface area contributed by atoms with Gasteiger partial charge in [-0.15, -0.1) is 0 Å². The van der Waals surface area contributed by atoms with Crippen LogP contribution >= 0.6 is 0 Å². The van der Waals surface area contributed by atoms with Gasteiger partial charge in [0.15, 0.2) is 0 Å². The van der Waals surface area contributed by atoms with Gasteiger partial charge < -0.3 is 16.1 Å². The summed E-state index contributed by atoms with van der Waals surface area (Å²) in [6.07, 6.45) is 1.53. The number of hydrogen-bond acceptors (Lipinski definition) is 4. The molecule has 0 aromatic carbocycles. The van der Waals surface area contributed by atoms with Crippen molar-refractivity contribution in [1.82, 2.24) is 10.3 Å². The first kappa shape index (κ1) is 6.38. The van der Waals surface area contributed by atoms with Crippen molar-refractivity contribution >= 4 is 0 Å². The predicted octanol–water partition coefficient (Wildman–Crippen LogP) is -1.43. The van der Waals surface area contributed by atoms with E-state index in [9.17, 15) is 0 Å². The van der Waals surface area contributed by atoms with Crippen molar-refractivity contribution in [3.8, 4) is 0 Å². The van der Waals surface area contributed by atoms with Gasteiger partial charge in [-0.25, -0.2) is 5.84 Å². The third-order valence-electron chi connectivity index (χ3n) is 1.40. The molecular formula is C5H12N4. The summed E-state index contributed by atoms with van der Waals surface area (Å²) in [7, 11) is 0. The molecule has 1 heterocycles. The van der Waals surface area contributed by atoms with Crippen LogP contribution < -0.4 is 16.9 Å². The molecule has 52 valence electrons. The molecule has 1 saturated heterocycles. The monoisotopic (exact) mass is 128 g/mol. The number of hydrazine groups is 1. The van der Waals surface area contributed by atoms with E-state index in [1.807, 2.05) is 0 Å². The summed E-state index contributed by atoms with van der Waals surface area (Å²) in [6.45, 7) is 2.56. The SMILES string of the molecule is N/C=C1/CNCCN1N. The first-order valence-corrected chi connectivity index (χ1v) is 2.98. The predicted molar refractivity (Wildman–Crippen MR) is 36.0 cm³/mol. The summed E-state index contributed by atoms with van der Waals surface area (Å²) in [5, 5.41) is 4.81. The molecule has 0 atom stereocenters. The lowest BCUT2D eigenvalue weighted by molar-refractivity contribution is 0.310. The van der Waals surface area contributed by atoms with E-state index in [0.29, 0.717) is 0 Å². The molecule has 0 aliphatic carbocycles. The fraction of sp³-hybridized carbons (Fsp3) is 0.600. The maximum absolute atomic E-state index is 5.53. The molecule has 0 unspecified atom stereocenters. The zero-order valence-corrected chi connectivity index (χ0v) is 5.30. The molecule has 4 nitrogen and oxygen atoms in total. The summed E-state index contributed by atoms with van der Waals surface area (Å²) < 4.78 is 0. The Morgan fingerprint density at radius 1 is 1.67 bits per heavy atom. The molecular weight excluding hydrogens is 116 g/mol. The Morgan fingerprint density at radius 2 is 2.44 bits per heavy atom. The molecule has 0 saturated carbocycles. The summed E-state index contributed by atoms with van der Waals surface area (Å²) in [5.41, 5.74) is 6.23. The second-order valence-corrected chi connectivity index (χ2v) is 2.03. The van der Waals surface area contributed by atoms with Crippen LogP contribution in [-0.4, -0.2) is 24.6 Å². The first-order chi connectivity index (χ1) is 4.34. The summed E-state index contributed by atoms with van der Waals surface area (Å²) in [4.78, 5) is 0. The second-order valence-electron chi connectivity index (χ2n) is 2.03. The molecule has 1 rings (SSSR count). The fourth-order valence-electron chi connectivity index (χ4n) is 0.816. The van der Waals surface area contributed by atoms with Gasteiger partial charge in [0.2, 0.25) is 0 Å². The Bertz CT molecular complexity index is 120. The van der Waals surface area contributed by atoms with Crippen molar-refractivity contribution in [2.75, 3.05) is 19.6 Å². The summed E-state index contributed by atoms with van der Waals surface area (Å²) in [6, 6.07) is 0. The average molecular weight is 128 g/mol. The Hall–Kier alpha value is -0.740. The van der Waals surface area contributed by atoms with Gasteiger partial charge in [0.05, 0.1) is 5.70 Å². The van der Waals surface area contributed by atoms with Gasteiger partial charge in [0.25, 0.3) is 0 Å². The van der Waals surface area contributed by atoms with Crippen LogP contribution in [-0.2, 0) is 0 Å². The lowest BCUT2D eigenvalue weighted by Gasteiger charge is -2.26. The highest BCUT2D eigenvalue weighted by Crippen LogP contribution is 1.97.